The highest BCUT2D eigenvalue weighted by molar-refractivity contribution is 5.75. The molecule has 0 aliphatic carbocycles. The molecular weight excluding hydrogens is 152 g/mol. The van der Waals surface area contributed by atoms with E-state index in [1.54, 1.807) is 6.92 Å². The Labute approximate surface area is 72.2 Å². The SMILES string of the molecule is CC(=O)CCCNc1cc[nH]c1. The minimum atomic E-state index is 0.255. The van der Waals surface area contributed by atoms with Crippen molar-refractivity contribution in [3.63, 3.8) is 0 Å². The molecule has 1 aromatic rings. The van der Waals surface area contributed by atoms with Gasteiger partial charge in [-0.15, -0.1) is 0 Å². The lowest BCUT2D eigenvalue weighted by Crippen LogP contribution is -2.02. The fraction of sp³-hybridized carbons (Fsp3) is 0.444. The Balaban J connectivity index is 2.07. The number of ketones is 1. The van der Waals surface area contributed by atoms with Crippen LogP contribution in [0.4, 0.5) is 5.69 Å². The van der Waals surface area contributed by atoms with Crippen molar-refractivity contribution < 1.29 is 4.79 Å². The number of hydrogen-bond acceptors (Lipinski definition) is 2. The number of nitrogens with one attached hydrogen (secondary N) is 2. The molecule has 0 aliphatic heterocycles. The summed E-state index contributed by atoms with van der Waals surface area (Å²) in [5, 5.41) is 3.20. The van der Waals surface area contributed by atoms with Crippen molar-refractivity contribution >= 4 is 11.5 Å². The summed E-state index contributed by atoms with van der Waals surface area (Å²) in [6.07, 6.45) is 5.33. The highest BCUT2D eigenvalue weighted by Gasteiger charge is 1.93. The number of aromatic amines is 1. The zero-order chi connectivity index (χ0) is 8.81. The highest BCUT2D eigenvalue weighted by atomic mass is 16.1. The molecule has 66 valence electrons. The zero-order valence-electron chi connectivity index (χ0n) is 7.26. The molecule has 3 nitrogen and oxygen atoms in total. The quantitative estimate of drug-likeness (QED) is 0.655. The number of Topliss-reactive ketones (excluding diaryl/α,β-unsaturated/α-hetero) is 1. The Morgan fingerprint density at radius 1 is 1.67 bits per heavy atom. The second kappa shape index (κ2) is 4.59. The Bertz CT molecular complexity index is 229. The molecule has 3 heteroatoms. The number of aromatic nitrogens is 1. The van der Waals surface area contributed by atoms with Gasteiger partial charge in [-0.2, -0.15) is 0 Å². The van der Waals surface area contributed by atoms with Gasteiger partial charge in [0.05, 0.1) is 5.69 Å². The Morgan fingerprint density at radius 2 is 2.50 bits per heavy atom. The smallest absolute Gasteiger partial charge is 0.129 e. The van der Waals surface area contributed by atoms with Gasteiger partial charge in [-0.1, -0.05) is 0 Å². The standard InChI is InChI=1S/C9H14N2O/c1-8(12)3-2-5-11-9-4-6-10-7-9/h4,6-7,10-11H,2-3,5H2,1H3. The molecule has 0 unspecified atom stereocenters. The molecule has 0 radical (unpaired) electrons. The molecule has 2 N–H and O–H groups in total. The first-order valence-corrected chi connectivity index (χ1v) is 4.15. The van der Waals surface area contributed by atoms with E-state index in [1.165, 1.54) is 0 Å². The summed E-state index contributed by atoms with van der Waals surface area (Å²) >= 11 is 0. The van der Waals surface area contributed by atoms with Crippen LogP contribution >= 0.6 is 0 Å². The normalized spacial score (nSPS) is 9.75. The summed E-state index contributed by atoms with van der Waals surface area (Å²) in [5.41, 5.74) is 1.08. The maximum atomic E-state index is 10.6. The van der Waals surface area contributed by atoms with Gasteiger partial charge in [0.1, 0.15) is 5.78 Å². The maximum absolute atomic E-state index is 10.6. The highest BCUT2D eigenvalue weighted by Crippen LogP contribution is 2.03. The van der Waals surface area contributed by atoms with Gasteiger partial charge in [-0.25, -0.2) is 0 Å². The van der Waals surface area contributed by atoms with Crippen LogP contribution in [0.15, 0.2) is 18.5 Å². The van der Waals surface area contributed by atoms with Crippen LogP contribution in [0.25, 0.3) is 0 Å². The monoisotopic (exact) mass is 166 g/mol. The molecular formula is C9H14N2O. The van der Waals surface area contributed by atoms with Gasteiger partial charge in [-0.05, 0) is 19.4 Å². The molecule has 0 spiro atoms. The molecule has 1 heterocycles. The van der Waals surface area contributed by atoms with Crippen molar-refractivity contribution in [2.24, 2.45) is 0 Å². The Morgan fingerprint density at radius 3 is 3.08 bits per heavy atom. The van der Waals surface area contributed by atoms with E-state index in [0.29, 0.717) is 6.42 Å². The predicted octanol–water partition coefficient (Wildman–Crippen LogP) is 1.80. The third-order valence-electron chi connectivity index (χ3n) is 1.63. The van der Waals surface area contributed by atoms with Crippen molar-refractivity contribution in [3.05, 3.63) is 18.5 Å². The fourth-order valence-electron chi connectivity index (χ4n) is 1.00. The van der Waals surface area contributed by atoms with Crippen LogP contribution in [0.5, 0.6) is 0 Å². The molecule has 0 aliphatic rings. The second-order valence-electron chi connectivity index (χ2n) is 2.83. The van der Waals surface area contributed by atoms with Crippen LogP contribution in [0.2, 0.25) is 0 Å². The van der Waals surface area contributed by atoms with E-state index in [-0.39, 0.29) is 5.78 Å². The number of carbonyl (C=O) groups is 1. The molecule has 1 rings (SSSR count). The first-order chi connectivity index (χ1) is 5.79. The lowest BCUT2D eigenvalue weighted by molar-refractivity contribution is -0.117. The van der Waals surface area contributed by atoms with E-state index in [2.05, 4.69) is 10.3 Å². The summed E-state index contributed by atoms with van der Waals surface area (Å²) < 4.78 is 0. The van der Waals surface area contributed by atoms with Crippen LogP contribution < -0.4 is 5.32 Å². The molecule has 0 saturated heterocycles. The van der Waals surface area contributed by atoms with Crippen molar-refractivity contribution in [2.75, 3.05) is 11.9 Å². The van der Waals surface area contributed by atoms with Crippen molar-refractivity contribution in [1.29, 1.82) is 0 Å². The van der Waals surface area contributed by atoms with Crippen molar-refractivity contribution in [1.82, 2.24) is 4.98 Å². The zero-order valence-corrected chi connectivity index (χ0v) is 7.26. The maximum Gasteiger partial charge on any atom is 0.129 e. The van der Waals surface area contributed by atoms with Crippen LogP contribution in [-0.4, -0.2) is 17.3 Å². The number of anilines is 1. The van der Waals surface area contributed by atoms with Crippen LogP contribution in [0, 0.1) is 0 Å². The molecule has 0 amide bonds. The van der Waals surface area contributed by atoms with Gasteiger partial charge in [0.2, 0.25) is 0 Å². The first kappa shape index (κ1) is 8.84. The second-order valence-corrected chi connectivity index (χ2v) is 2.83. The minimum Gasteiger partial charge on any atom is -0.384 e. The lowest BCUT2D eigenvalue weighted by Gasteiger charge is -2.00. The minimum absolute atomic E-state index is 0.255. The predicted molar refractivity (Wildman–Crippen MR) is 49.2 cm³/mol. The Hall–Kier alpha value is -1.25. The molecule has 0 fully saturated rings. The van der Waals surface area contributed by atoms with Crippen LogP contribution in [-0.2, 0) is 4.79 Å². The van der Waals surface area contributed by atoms with E-state index in [1.807, 2.05) is 18.5 Å². The van der Waals surface area contributed by atoms with Crippen molar-refractivity contribution in [2.45, 2.75) is 19.8 Å². The van der Waals surface area contributed by atoms with Gasteiger partial charge in [-0.3, -0.25) is 0 Å². The van der Waals surface area contributed by atoms with Gasteiger partial charge in [0, 0.05) is 25.4 Å². The summed E-state index contributed by atoms with van der Waals surface area (Å²) in [4.78, 5) is 13.5. The molecule has 1 aromatic heterocycles. The lowest BCUT2D eigenvalue weighted by atomic mass is 10.2. The average Bonchev–Trinajstić information content (AvgIpc) is 2.49. The van der Waals surface area contributed by atoms with E-state index in [9.17, 15) is 4.79 Å². The number of carbonyl (C=O) groups excluding carboxylic acids is 1. The molecule has 0 atom stereocenters. The molecule has 0 bridgehead atoms. The average molecular weight is 166 g/mol. The summed E-state index contributed by atoms with van der Waals surface area (Å²) in [6, 6.07) is 1.97. The summed E-state index contributed by atoms with van der Waals surface area (Å²) in [5.74, 6) is 0.255. The van der Waals surface area contributed by atoms with E-state index in [4.69, 9.17) is 0 Å². The number of H-pyrrole nitrogens is 1. The van der Waals surface area contributed by atoms with Gasteiger partial charge >= 0.3 is 0 Å². The summed E-state index contributed by atoms with van der Waals surface area (Å²) in [6.45, 7) is 2.48. The largest absolute Gasteiger partial charge is 0.384 e. The van der Waals surface area contributed by atoms with Crippen LogP contribution in [0.3, 0.4) is 0 Å². The number of rotatable bonds is 5. The summed E-state index contributed by atoms with van der Waals surface area (Å²) in [7, 11) is 0. The van der Waals surface area contributed by atoms with E-state index in [0.717, 1.165) is 18.7 Å². The first-order valence-electron chi connectivity index (χ1n) is 4.15. The molecule has 0 saturated carbocycles. The van der Waals surface area contributed by atoms with E-state index < -0.39 is 0 Å². The fourth-order valence-corrected chi connectivity index (χ4v) is 1.00. The third-order valence-corrected chi connectivity index (χ3v) is 1.63. The van der Waals surface area contributed by atoms with Gasteiger partial charge < -0.3 is 15.1 Å². The topological polar surface area (TPSA) is 44.9 Å². The Kier molecular flexibility index (Phi) is 3.38. The van der Waals surface area contributed by atoms with Gasteiger partial charge in [0.25, 0.3) is 0 Å². The van der Waals surface area contributed by atoms with Gasteiger partial charge in [0.15, 0.2) is 0 Å². The molecule has 0 aromatic carbocycles. The molecule has 12 heavy (non-hydrogen) atoms. The van der Waals surface area contributed by atoms with E-state index >= 15 is 0 Å². The van der Waals surface area contributed by atoms with Crippen molar-refractivity contribution in [3.8, 4) is 0 Å². The van der Waals surface area contributed by atoms with Crippen LogP contribution in [0.1, 0.15) is 19.8 Å². The number of hydrogen-bond donors (Lipinski definition) is 2. The third kappa shape index (κ3) is 3.23.